The average molecular weight is 321 g/mol. The Balaban J connectivity index is 1.47. The van der Waals surface area contributed by atoms with E-state index in [1.165, 1.54) is 17.2 Å². The number of benzene rings is 2. The van der Waals surface area contributed by atoms with E-state index in [-0.39, 0.29) is 12.5 Å². The lowest BCUT2D eigenvalue weighted by Gasteiger charge is -2.07. The Morgan fingerprint density at radius 2 is 1.83 bits per heavy atom. The summed E-state index contributed by atoms with van der Waals surface area (Å²) in [7, 11) is 0. The van der Waals surface area contributed by atoms with E-state index >= 15 is 0 Å². The highest BCUT2D eigenvalue weighted by Crippen LogP contribution is 2.24. The molecule has 0 saturated carbocycles. The maximum absolute atomic E-state index is 11.9. The minimum Gasteiger partial charge on any atom is -0.452 e. The highest BCUT2D eigenvalue weighted by atomic mass is 16.5. The number of amides is 1. The van der Waals surface area contributed by atoms with Crippen LogP contribution in [0.2, 0.25) is 0 Å². The maximum atomic E-state index is 11.9. The molecule has 0 spiro atoms. The van der Waals surface area contributed by atoms with E-state index in [0.29, 0.717) is 0 Å². The number of hydrogen-bond acceptors (Lipinski definition) is 3. The third-order valence-corrected chi connectivity index (χ3v) is 3.94. The van der Waals surface area contributed by atoms with Crippen LogP contribution in [-0.4, -0.2) is 18.5 Å². The van der Waals surface area contributed by atoms with Crippen molar-refractivity contribution < 1.29 is 14.3 Å². The predicted octanol–water partition coefficient (Wildman–Crippen LogP) is 3.37. The summed E-state index contributed by atoms with van der Waals surface area (Å²) >= 11 is 0. The molecule has 0 bridgehead atoms. The second kappa shape index (κ2) is 7.59. The molecule has 0 saturated heterocycles. The second-order valence-corrected chi connectivity index (χ2v) is 5.74. The lowest BCUT2D eigenvalue weighted by Crippen LogP contribution is -2.20. The zero-order valence-electron chi connectivity index (χ0n) is 13.3. The van der Waals surface area contributed by atoms with Crippen LogP contribution in [0.3, 0.4) is 0 Å². The molecule has 0 aromatic heterocycles. The van der Waals surface area contributed by atoms with E-state index in [2.05, 4.69) is 5.32 Å². The molecule has 1 aliphatic carbocycles. The van der Waals surface area contributed by atoms with Crippen LogP contribution in [0.4, 0.5) is 5.69 Å². The number of ether oxygens (including phenoxy) is 1. The van der Waals surface area contributed by atoms with Gasteiger partial charge in [0.05, 0.1) is 0 Å². The van der Waals surface area contributed by atoms with Crippen molar-refractivity contribution in [3.8, 4) is 0 Å². The molecule has 0 radical (unpaired) electrons. The van der Waals surface area contributed by atoms with Crippen molar-refractivity contribution in [2.45, 2.75) is 19.3 Å². The van der Waals surface area contributed by atoms with Crippen LogP contribution in [0.15, 0.2) is 54.6 Å². The van der Waals surface area contributed by atoms with Crippen molar-refractivity contribution in [1.82, 2.24) is 0 Å². The molecule has 2 aromatic rings. The number of carbonyl (C=O) groups is 2. The molecule has 0 heterocycles. The normalized spacial score (nSPS) is 12.8. The van der Waals surface area contributed by atoms with Gasteiger partial charge in [0.15, 0.2) is 6.61 Å². The number of aryl methyl sites for hydroxylation is 2. The van der Waals surface area contributed by atoms with Crippen LogP contribution < -0.4 is 5.32 Å². The zero-order chi connectivity index (χ0) is 16.8. The van der Waals surface area contributed by atoms with Crippen molar-refractivity contribution in [2.75, 3.05) is 11.9 Å². The molecule has 0 unspecified atom stereocenters. The van der Waals surface area contributed by atoms with E-state index in [1.54, 1.807) is 6.08 Å². The Bertz CT molecular complexity index is 766. The lowest BCUT2D eigenvalue weighted by atomic mass is 10.1. The first-order valence-corrected chi connectivity index (χ1v) is 8.02. The van der Waals surface area contributed by atoms with Crippen LogP contribution >= 0.6 is 0 Å². The molecule has 122 valence electrons. The quantitative estimate of drug-likeness (QED) is 0.678. The van der Waals surface area contributed by atoms with Crippen molar-refractivity contribution in [3.63, 3.8) is 0 Å². The molecule has 0 fully saturated rings. The molecule has 3 rings (SSSR count). The van der Waals surface area contributed by atoms with Gasteiger partial charge in [0.25, 0.3) is 5.91 Å². The van der Waals surface area contributed by atoms with Crippen molar-refractivity contribution in [3.05, 3.63) is 71.3 Å². The molecule has 2 aromatic carbocycles. The molecule has 1 N–H and O–H groups in total. The fourth-order valence-electron chi connectivity index (χ4n) is 2.76. The Hall–Kier alpha value is -2.88. The Morgan fingerprint density at radius 3 is 2.67 bits per heavy atom. The highest BCUT2D eigenvalue weighted by molar-refractivity contribution is 5.94. The van der Waals surface area contributed by atoms with Gasteiger partial charge in [-0.15, -0.1) is 0 Å². The molecule has 4 nitrogen and oxygen atoms in total. The molecule has 0 aliphatic heterocycles. The first-order valence-electron chi connectivity index (χ1n) is 8.02. The average Bonchev–Trinajstić information content (AvgIpc) is 3.07. The molecule has 24 heavy (non-hydrogen) atoms. The predicted molar refractivity (Wildman–Crippen MR) is 93.5 cm³/mol. The number of hydrogen-bond donors (Lipinski definition) is 1. The Kier molecular flexibility index (Phi) is 5.06. The van der Waals surface area contributed by atoms with Gasteiger partial charge in [-0.25, -0.2) is 4.79 Å². The van der Waals surface area contributed by atoms with Gasteiger partial charge >= 0.3 is 5.97 Å². The molecule has 0 atom stereocenters. The number of anilines is 1. The number of fused-ring (bicyclic) bond motifs is 1. The lowest BCUT2D eigenvalue weighted by molar-refractivity contribution is -0.142. The van der Waals surface area contributed by atoms with Gasteiger partial charge in [0.1, 0.15) is 0 Å². The summed E-state index contributed by atoms with van der Waals surface area (Å²) in [5, 5.41) is 2.76. The van der Waals surface area contributed by atoms with E-state index in [9.17, 15) is 9.59 Å². The Morgan fingerprint density at radius 1 is 1.04 bits per heavy atom. The first kappa shape index (κ1) is 16.0. The SMILES string of the molecule is O=C(COC(=O)/C=C/c1ccccc1)Nc1ccc2c(c1)CCC2. The van der Waals surface area contributed by atoms with Crippen LogP contribution in [0.1, 0.15) is 23.1 Å². The Labute approximate surface area is 141 Å². The molecule has 4 heteroatoms. The van der Waals surface area contributed by atoms with Gasteiger partial charge in [-0.05, 0) is 54.2 Å². The maximum Gasteiger partial charge on any atom is 0.331 e. The second-order valence-electron chi connectivity index (χ2n) is 5.74. The summed E-state index contributed by atoms with van der Waals surface area (Å²) in [6, 6.07) is 15.4. The summed E-state index contributed by atoms with van der Waals surface area (Å²) in [5.41, 5.74) is 4.29. The smallest absolute Gasteiger partial charge is 0.331 e. The summed E-state index contributed by atoms with van der Waals surface area (Å²) in [6.45, 7) is -0.297. The third kappa shape index (κ3) is 4.32. The summed E-state index contributed by atoms with van der Waals surface area (Å²) in [6.07, 6.45) is 6.30. The molecule has 1 aliphatic rings. The number of nitrogens with one attached hydrogen (secondary N) is 1. The van der Waals surface area contributed by atoms with Crippen molar-refractivity contribution in [1.29, 1.82) is 0 Å². The standard InChI is InChI=1S/C20H19NO3/c22-19(21-18-11-10-16-7-4-8-17(16)13-18)14-24-20(23)12-9-15-5-2-1-3-6-15/h1-3,5-6,9-13H,4,7-8,14H2,(H,21,22)/b12-9+. The van der Waals surface area contributed by atoms with E-state index < -0.39 is 5.97 Å². The molecular weight excluding hydrogens is 302 g/mol. The largest absolute Gasteiger partial charge is 0.452 e. The van der Waals surface area contributed by atoms with E-state index in [0.717, 1.165) is 30.5 Å². The molecule has 1 amide bonds. The highest BCUT2D eigenvalue weighted by Gasteiger charge is 2.12. The van der Waals surface area contributed by atoms with E-state index in [1.807, 2.05) is 48.5 Å². The third-order valence-electron chi connectivity index (χ3n) is 3.94. The van der Waals surface area contributed by atoms with Gasteiger partial charge in [-0.2, -0.15) is 0 Å². The van der Waals surface area contributed by atoms with Crippen LogP contribution in [0, 0.1) is 0 Å². The van der Waals surface area contributed by atoms with Gasteiger partial charge in [0.2, 0.25) is 0 Å². The van der Waals surface area contributed by atoms with Crippen molar-refractivity contribution >= 4 is 23.6 Å². The van der Waals surface area contributed by atoms with Gasteiger partial charge < -0.3 is 10.1 Å². The summed E-state index contributed by atoms with van der Waals surface area (Å²) in [5.74, 6) is -0.877. The number of carbonyl (C=O) groups excluding carboxylic acids is 2. The molecular formula is C20H19NO3. The summed E-state index contributed by atoms with van der Waals surface area (Å²) in [4.78, 5) is 23.5. The minimum atomic E-state index is -0.539. The number of esters is 1. The number of rotatable bonds is 5. The summed E-state index contributed by atoms with van der Waals surface area (Å²) < 4.78 is 4.95. The van der Waals surface area contributed by atoms with Crippen molar-refractivity contribution in [2.24, 2.45) is 0 Å². The van der Waals surface area contributed by atoms with Crippen LogP contribution in [0.5, 0.6) is 0 Å². The fourth-order valence-corrected chi connectivity index (χ4v) is 2.76. The fraction of sp³-hybridized carbons (Fsp3) is 0.200. The van der Waals surface area contributed by atoms with Crippen LogP contribution in [0.25, 0.3) is 6.08 Å². The van der Waals surface area contributed by atoms with Gasteiger partial charge in [0, 0.05) is 11.8 Å². The first-order chi connectivity index (χ1) is 11.7. The van der Waals surface area contributed by atoms with Crippen LogP contribution in [-0.2, 0) is 27.2 Å². The zero-order valence-corrected chi connectivity index (χ0v) is 13.3. The monoisotopic (exact) mass is 321 g/mol. The van der Waals surface area contributed by atoms with E-state index in [4.69, 9.17) is 4.74 Å². The minimum absolute atomic E-state index is 0.297. The topological polar surface area (TPSA) is 55.4 Å². The van der Waals surface area contributed by atoms with Gasteiger partial charge in [-0.3, -0.25) is 4.79 Å². The van der Waals surface area contributed by atoms with Gasteiger partial charge in [-0.1, -0.05) is 36.4 Å².